The molecule has 132 valence electrons. The molecule has 4 rings (SSSR count). The summed E-state index contributed by atoms with van der Waals surface area (Å²) in [5, 5.41) is 9.30. The van der Waals surface area contributed by atoms with Gasteiger partial charge in [0.1, 0.15) is 17.9 Å². The highest BCUT2D eigenvalue weighted by atomic mass is 19.1. The average Bonchev–Trinajstić information content (AvgIpc) is 2.98. The Morgan fingerprint density at radius 2 is 2.24 bits per heavy atom. The Hall–Kier alpha value is -2.61. The number of carboxylic acid groups (broad SMARTS) is 1. The predicted molar refractivity (Wildman–Crippen MR) is 90.1 cm³/mol. The van der Waals surface area contributed by atoms with E-state index < -0.39 is 17.2 Å². The van der Waals surface area contributed by atoms with Crippen LogP contribution in [0.2, 0.25) is 0 Å². The first kappa shape index (κ1) is 15.9. The number of aromatic nitrogens is 1. The number of carbonyl (C=O) groups is 1. The van der Waals surface area contributed by atoms with Crippen LogP contribution in [-0.2, 0) is 0 Å². The van der Waals surface area contributed by atoms with Crippen LogP contribution in [0.4, 0.5) is 10.1 Å². The molecule has 0 aliphatic carbocycles. The first-order valence-corrected chi connectivity index (χ1v) is 8.16. The van der Waals surface area contributed by atoms with Crippen molar-refractivity contribution in [3.05, 3.63) is 33.9 Å². The summed E-state index contributed by atoms with van der Waals surface area (Å²) in [5.74, 6) is -1.64. The van der Waals surface area contributed by atoms with Crippen molar-refractivity contribution in [1.29, 1.82) is 0 Å². The molecule has 0 saturated carbocycles. The Balaban J connectivity index is 2.07. The van der Waals surface area contributed by atoms with Crippen LogP contribution < -0.4 is 20.8 Å². The molecule has 1 fully saturated rings. The number of nitrogens with two attached hydrogens (primary N) is 1. The van der Waals surface area contributed by atoms with E-state index in [1.807, 2.05) is 11.8 Å². The molecule has 1 aromatic heterocycles. The highest BCUT2D eigenvalue weighted by Crippen LogP contribution is 2.42. The van der Waals surface area contributed by atoms with Gasteiger partial charge in [0.15, 0.2) is 11.6 Å². The second-order valence-corrected chi connectivity index (χ2v) is 6.67. The SMILES string of the molecule is C[C@H]1COc2c(N3CCC(N)C3)c(F)cc3c(=O)c(C(=O)O)cn1c23. The van der Waals surface area contributed by atoms with E-state index in [-0.39, 0.29) is 35.4 Å². The summed E-state index contributed by atoms with van der Waals surface area (Å²) < 4.78 is 22.3. The summed E-state index contributed by atoms with van der Waals surface area (Å²) in [6.07, 6.45) is 2.07. The Labute approximate surface area is 142 Å². The maximum atomic E-state index is 14.9. The monoisotopic (exact) mass is 347 g/mol. The van der Waals surface area contributed by atoms with Gasteiger partial charge in [-0.05, 0) is 19.4 Å². The molecule has 0 bridgehead atoms. The van der Waals surface area contributed by atoms with E-state index in [2.05, 4.69) is 0 Å². The second kappa shape index (κ2) is 5.45. The fraction of sp³-hybridized carbons (Fsp3) is 0.412. The summed E-state index contributed by atoms with van der Waals surface area (Å²) >= 11 is 0. The molecule has 2 aromatic rings. The lowest BCUT2D eigenvalue weighted by Crippen LogP contribution is -2.30. The van der Waals surface area contributed by atoms with Crippen molar-refractivity contribution >= 4 is 22.6 Å². The number of benzene rings is 1. The number of carboxylic acids is 1. The number of hydrogen-bond donors (Lipinski definition) is 2. The van der Waals surface area contributed by atoms with Crippen LogP contribution in [0.3, 0.4) is 0 Å². The van der Waals surface area contributed by atoms with E-state index in [0.29, 0.717) is 24.3 Å². The minimum atomic E-state index is -1.33. The van der Waals surface area contributed by atoms with E-state index in [9.17, 15) is 19.1 Å². The first-order chi connectivity index (χ1) is 11.9. The van der Waals surface area contributed by atoms with Crippen molar-refractivity contribution < 1.29 is 19.0 Å². The van der Waals surface area contributed by atoms with Crippen molar-refractivity contribution in [3.8, 4) is 5.75 Å². The third-order valence-corrected chi connectivity index (χ3v) is 4.91. The third kappa shape index (κ3) is 2.28. The smallest absolute Gasteiger partial charge is 0.341 e. The molecule has 3 heterocycles. The molecule has 1 aromatic carbocycles. The van der Waals surface area contributed by atoms with Crippen LogP contribution in [0, 0.1) is 5.82 Å². The molecule has 8 heteroatoms. The van der Waals surface area contributed by atoms with Crippen molar-refractivity contribution in [1.82, 2.24) is 4.57 Å². The number of anilines is 1. The topological polar surface area (TPSA) is 97.8 Å². The van der Waals surface area contributed by atoms with Gasteiger partial charge in [-0.25, -0.2) is 9.18 Å². The lowest BCUT2D eigenvalue weighted by molar-refractivity contribution is 0.0694. The third-order valence-electron chi connectivity index (χ3n) is 4.91. The van der Waals surface area contributed by atoms with Gasteiger partial charge >= 0.3 is 5.97 Å². The van der Waals surface area contributed by atoms with E-state index in [1.165, 1.54) is 6.20 Å². The maximum absolute atomic E-state index is 14.9. The van der Waals surface area contributed by atoms with Crippen LogP contribution >= 0.6 is 0 Å². The Morgan fingerprint density at radius 1 is 1.48 bits per heavy atom. The minimum Gasteiger partial charge on any atom is -0.487 e. The van der Waals surface area contributed by atoms with Crippen LogP contribution in [0.15, 0.2) is 17.1 Å². The molecular weight excluding hydrogens is 329 g/mol. The molecule has 7 nitrogen and oxygen atoms in total. The summed E-state index contributed by atoms with van der Waals surface area (Å²) in [6.45, 7) is 3.23. The number of hydrogen-bond acceptors (Lipinski definition) is 5. The minimum absolute atomic E-state index is 0.0196. The Morgan fingerprint density at radius 3 is 2.88 bits per heavy atom. The molecule has 1 unspecified atom stereocenters. The van der Waals surface area contributed by atoms with E-state index in [4.69, 9.17) is 10.5 Å². The molecule has 2 aliphatic heterocycles. The van der Waals surface area contributed by atoms with Gasteiger partial charge in [0, 0.05) is 25.3 Å². The summed E-state index contributed by atoms with van der Waals surface area (Å²) in [6, 6.07) is 0.902. The quantitative estimate of drug-likeness (QED) is 0.851. The summed E-state index contributed by atoms with van der Waals surface area (Å²) in [4.78, 5) is 25.7. The van der Waals surface area contributed by atoms with Gasteiger partial charge in [-0.15, -0.1) is 0 Å². The van der Waals surface area contributed by atoms with Crippen molar-refractivity contribution in [2.75, 3.05) is 24.6 Å². The summed E-state index contributed by atoms with van der Waals surface area (Å²) in [7, 11) is 0. The van der Waals surface area contributed by atoms with Crippen molar-refractivity contribution in [3.63, 3.8) is 0 Å². The fourth-order valence-electron chi connectivity index (χ4n) is 3.65. The number of nitrogens with zero attached hydrogens (tertiary/aromatic N) is 2. The van der Waals surface area contributed by atoms with Crippen LogP contribution in [0.1, 0.15) is 29.7 Å². The van der Waals surface area contributed by atoms with E-state index >= 15 is 0 Å². The molecule has 3 N–H and O–H groups in total. The van der Waals surface area contributed by atoms with Crippen LogP contribution in [-0.4, -0.2) is 41.4 Å². The van der Waals surface area contributed by atoms with Crippen LogP contribution in [0.25, 0.3) is 10.9 Å². The van der Waals surface area contributed by atoms with Crippen LogP contribution in [0.5, 0.6) is 5.75 Å². The number of rotatable bonds is 2. The van der Waals surface area contributed by atoms with Gasteiger partial charge in [-0.1, -0.05) is 0 Å². The van der Waals surface area contributed by atoms with Gasteiger partial charge in [0.05, 0.1) is 16.9 Å². The number of halogens is 1. The Bertz CT molecular complexity index is 955. The van der Waals surface area contributed by atoms with E-state index in [0.717, 1.165) is 12.5 Å². The zero-order valence-corrected chi connectivity index (χ0v) is 13.7. The lowest BCUT2D eigenvalue weighted by atomic mass is 10.1. The molecule has 0 radical (unpaired) electrons. The zero-order chi connectivity index (χ0) is 17.9. The standard InChI is InChI=1S/C17H18FN3O4/c1-8-7-25-16-13-10(15(22)11(17(23)24)6-21(8)13)4-12(18)14(16)20-3-2-9(19)5-20/h4,6,8-9H,2-3,5,7,19H2,1H3,(H,23,24)/t8-,9?/m0/s1. The van der Waals surface area contributed by atoms with Crippen molar-refractivity contribution in [2.45, 2.75) is 25.4 Å². The molecule has 0 spiro atoms. The predicted octanol–water partition coefficient (Wildman–Crippen LogP) is 1.33. The van der Waals surface area contributed by atoms with Gasteiger partial charge < -0.3 is 25.0 Å². The van der Waals surface area contributed by atoms with Gasteiger partial charge in [0.2, 0.25) is 5.43 Å². The molecule has 0 amide bonds. The normalized spacial score (nSPS) is 22.3. The van der Waals surface area contributed by atoms with E-state index in [1.54, 1.807) is 4.57 Å². The van der Waals surface area contributed by atoms with Gasteiger partial charge in [-0.2, -0.15) is 0 Å². The molecule has 25 heavy (non-hydrogen) atoms. The van der Waals surface area contributed by atoms with Crippen molar-refractivity contribution in [2.24, 2.45) is 5.73 Å². The largest absolute Gasteiger partial charge is 0.487 e. The summed E-state index contributed by atoms with van der Waals surface area (Å²) in [5.41, 5.74) is 5.59. The van der Waals surface area contributed by atoms with Gasteiger partial charge in [-0.3, -0.25) is 4.79 Å². The van der Waals surface area contributed by atoms with Gasteiger partial charge in [0.25, 0.3) is 0 Å². The first-order valence-electron chi connectivity index (χ1n) is 8.16. The molecule has 1 saturated heterocycles. The number of ether oxygens (including phenoxy) is 1. The zero-order valence-electron chi connectivity index (χ0n) is 13.7. The Kier molecular flexibility index (Phi) is 3.47. The molecular formula is C17H18FN3O4. The second-order valence-electron chi connectivity index (χ2n) is 6.67. The lowest BCUT2D eigenvalue weighted by Gasteiger charge is -2.31. The maximum Gasteiger partial charge on any atom is 0.341 e. The molecule has 2 atom stereocenters. The highest BCUT2D eigenvalue weighted by Gasteiger charge is 2.32. The fourth-order valence-corrected chi connectivity index (χ4v) is 3.65. The molecule has 2 aliphatic rings. The number of aromatic carboxylic acids is 1. The average molecular weight is 347 g/mol. The number of pyridine rings is 1. The highest BCUT2D eigenvalue weighted by molar-refractivity contribution is 5.97.